The van der Waals surface area contributed by atoms with Gasteiger partial charge in [-0.25, -0.2) is 0 Å². The zero-order valence-electron chi connectivity index (χ0n) is 14.0. The van der Waals surface area contributed by atoms with E-state index in [0.29, 0.717) is 19.4 Å². The predicted octanol–water partition coefficient (Wildman–Crippen LogP) is 2.48. The van der Waals surface area contributed by atoms with Crippen molar-refractivity contribution >= 4 is 23.2 Å². The first-order chi connectivity index (χ1) is 11.6. The van der Waals surface area contributed by atoms with E-state index in [-0.39, 0.29) is 17.9 Å². The fourth-order valence-electron chi connectivity index (χ4n) is 2.97. The van der Waals surface area contributed by atoms with Crippen LogP contribution in [-0.4, -0.2) is 37.2 Å². The summed E-state index contributed by atoms with van der Waals surface area (Å²) in [5.41, 5.74) is 2.58. The number of hydrogen-bond acceptors (Lipinski definition) is 4. The topological polar surface area (TPSA) is 76.7 Å². The highest BCUT2D eigenvalue weighted by atomic mass is 16.5. The SMILES string of the molecule is CC(OCC1CCCCO1)C(=O)Nc1ccc2c(c1)CCC(=O)N2. The van der Waals surface area contributed by atoms with Gasteiger partial charge < -0.3 is 20.1 Å². The van der Waals surface area contributed by atoms with E-state index in [0.717, 1.165) is 42.8 Å². The summed E-state index contributed by atoms with van der Waals surface area (Å²) in [4.78, 5) is 23.6. The molecule has 0 aromatic heterocycles. The third-order valence-corrected chi connectivity index (χ3v) is 4.44. The van der Waals surface area contributed by atoms with Crippen LogP contribution in [0.1, 0.15) is 38.2 Å². The van der Waals surface area contributed by atoms with Gasteiger partial charge >= 0.3 is 0 Å². The van der Waals surface area contributed by atoms with Crippen LogP contribution in [0.2, 0.25) is 0 Å². The minimum absolute atomic E-state index is 0.0336. The number of carbonyl (C=O) groups is 2. The van der Waals surface area contributed by atoms with Crippen LogP contribution in [-0.2, 0) is 25.5 Å². The van der Waals surface area contributed by atoms with Crippen LogP contribution in [0.4, 0.5) is 11.4 Å². The Balaban J connectivity index is 1.51. The van der Waals surface area contributed by atoms with E-state index < -0.39 is 6.10 Å². The van der Waals surface area contributed by atoms with Gasteiger partial charge in [0.1, 0.15) is 6.10 Å². The first kappa shape index (κ1) is 16.9. The van der Waals surface area contributed by atoms with Crippen LogP contribution in [0.3, 0.4) is 0 Å². The molecule has 6 nitrogen and oxygen atoms in total. The molecule has 1 saturated heterocycles. The molecule has 1 aromatic carbocycles. The number of fused-ring (bicyclic) bond motifs is 1. The van der Waals surface area contributed by atoms with Crippen molar-refractivity contribution in [2.75, 3.05) is 23.8 Å². The molecule has 0 radical (unpaired) electrons. The van der Waals surface area contributed by atoms with Gasteiger partial charge in [-0.05, 0) is 56.4 Å². The Kier molecular flexibility index (Phi) is 5.48. The second-order valence-corrected chi connectivity index (χ2v) is 6.37. The molecule has 130 valence electrons. The number of nitrogens with one attached hydrogen (secondary N) is 2. The summed E-state index contributed by atoms with van der Waals surface area (Å²) < 4.78 is 11.3. The van der Waals surface area contributed by atoms with Crippen LogP contribution < -0.4 is 10.6 Å². The number of ether oxygens (including phenoxy) is 2. The smallest absolute Gasteiger partial charge is 0.253 e. The molecule has 24 heavy (non-hydrogen) atoms. The Morgan fingerprint density at radius 2 is 2.29 bits per heavy atom. The van der Waals surface area contributed by atoms with Crippen molar-refractivity contribution in [3.8, 4) is 0 Å². The molecule has 6 heteroatoms. The standard InChI is InChI=1S/C18H24N2O4/c1-12(24-11-15-4-2-3-9-23-15)18(22)19-14-6-7-16-13(10-14)5-8-17(21)20-16/h6-7,10,12,15H,2-5,8-9,11H2,1H3,(H,19,22)(H,20,21). The van der Waals surface area contributed by atoms with Crippen molar-refractivity contribution in [2.45, 2.75) is 51.2 Å². The Hall–Kier alpha value is -1.92. The monoisotopic (exact) mass is 332 g/mol. The molecule has 1 aromatic rings. The van der Waals surface area contributed by atoms with E-state index in [2.05, 4.69) is 10.6 Å². The number of carbonyl (C=O) groups excluding carboxylic acids is 2. The minimum atomic E-state index is -0.536. The number of benzene rings is 1. The number of rotatable bonds is 5. The predicted molar refractivity (Wildman–Crippen MR) is 91.0 cm³/mol. The quantitative estimate of drug-likeness (QED) is 0.868. The molecule has 2 atom stereocenters. The van der Waals surface area contributed by atoms with Gasteiger partial charge in [0.05, 0.1) is 12.7 Å². The maximum atomic E-state index is 12.3. The summed E-state index contributed by atoms with van der Waals surface area (Å²) in [6.45, 7) is 2.97. The van der Waals surface area contributed by atoms with Crippen LogP contribution >= 0.6 is 0 Å². The van der Waals surface area contributed by atoms with Crippen molar-refractivity contribution in [3.05, 3.63) is 23.8 Å². The average Bonchev–Trinajstić information content (AvgIpc) is 2.60. The third-order valence-electron chi connectivity index (χ3n) is 4.44. The normalized spacial score (nSPS) is 21.5. The molecule has 2 N–H and O–H groups in total. The summed E-state index contributed by atoms with van der Waals surface area (Å²) in [5.74, 6) is -0.142. The number of hydrogen-bond donors (Lipinski definition) is 2. The molecule has 1 fully saturated rings. The van der Waals surface area contributed by atoms with Gasteiger partial charge in [0.25, 0.3) is 5.91 Å². The van der Waals surface area contributed by atoms with Crippen molar-refractivity contribution in [1.82, 2.24) is 0 Å². The van der Waals surface area contributed by atoms with Crippen LogP contribution in [0.25, 0.3) is 0 Å². The molecule has 3 rings (SSSR count). The van der Waals surface area contributed by atoms with E-state index in [4.69, 9.17) is 9.47 Å². The largest absolute Gasteiger partial charge is 0.376 e. The highest BCUT2D eigenvalue weighted by Gasteiger charge is 2.20. The fourth-order valence-corrected chi connectivity index (χ4v) is 2.97. The third kappa shape index (κ3) is 4.33. The van der Waals surface area contributed by atoms with Crippen LogP contribution in [0, 0.1) is 0 Å². The number of amides is 2. The highest BCUT2D eigenvalue weighted by molar-refractivity contribution is 5.96. The Bertz CT molecular complexity index is 611. The zero-order chi connectivity index (χ0) is 16.9. The lowest BCUT2D eigenvalue weighted by Crippen LogP contribution is -2.32. The molecule has 0 aliphatic carbocycles. The minimum Gasteiger partial charge on any atom is -0.376 e. The maximum absolute atomic E-state index is 12.3. The molecule has 2 heterocycles. The number of aryl methyl sites for hydroxylation is 1. The lowest BCUT2D eigenvalue weighted by molar-refractivity contribution is -0.130. The van der Waals surface area contributed by atoms with Crippen molar-refractivity contribution in [2.24, 2.45) is 0 Å². The molecule has 2 aliphatic heterocycles. The van der Waals surface area contributed by atoms with Gasteiger partial charge in [0.2, 0.25) is 5.91 Å². The second-order valence-electron chi connectivity index (χ2n) is 6.37. The molecule has 2 aliphatic rings. The van der Waals surface area contributed by atoms with E-state index in [9.17, 15) is 9.59 Å². The van der Waals surface area contributed by atoms with E-state index in [1.165, 1.54) is 0 Å². The molecule has 0 saturated carbocycles. The molecule has 0 bridgehead atoms. The summed E-state index contributed by atoms with van der Waals surface area (Å²) in [5, 5.41) is 5.70. The van der Waals surface area contributed by atoms with E-state index in [1.807, 2.05) is 12.1 Å². The second kappa shape index (κ2) is 7.77. The molecule has 2 amide bonds. The lowest BCUT2D eigenvalue weighted by atomic mass is 10.0. The summed E-state index contributed by atoms with van der Waals surface area (Å²) in [7, 11) is 0. The first-order valence-corrected chi connectivity index (χ1v) is 8.58. The van der Waals surface area contributed by atoms with Gasteiger partial charge in [0.15, 0.2) is 0 Å². The molecular weight excluding hydrogens is 308 g/mol. The van der Waals surface area contributed by atoms with Gasteiger partial charge in [-0.1, -0.05) is 0 Å². The molecular formula is C18H24N2O4. The van der Waals surface area contributed by atoms with Crippen molar-refractivity contribution in [1.29, 1.82) is 0 Å². The Morgan fingerprint density at radius 1 is 1.42 bits per heavy atom. The first-order valence-electron chi connectivity index (χ1n) is 8.58. The van der Waals surface area contributed by atoms with Gasteiger partial charge in [-0.3, -0.25) is 9.59 Å². The zero-order valence-corrected chi connectivity index (χ0v) is 14.0. The van der Waals surface area contributed by atoms with Gasteiger partial charge in [-0.2, -0.15) is 0 Å². The highest BCUT2D eigenvalue weighted by Crippen LogP contribution is 2.25. The summed E-state index contributed by atoms with van der Waals surface area (Å²) in [6.07, 6.45) is 3.98. The molecule has 0 spiro atoms. The van der Waals surface area contributed by atoms with Crippen LogP contribution in [0.15, 0.2) is 18.2 Å². The Labute approximate surface area is 141 Å². The van der Waals surface area contributed by atoms with Crippen molar-refractivity contribution in [3.63, 3.8) is 0 Å². The maximum Gasteiger partial charge on any atom is 0.253 e. The van der Waals surface area contributed by atoms with Gasteiger partial charge in [-0.15, -0.1) is 0 Å². The fraction of sp³-hybridized carbons (Fsp3) is 0.556. The summed E-state index contributed by atoms with van der Waals surface area (Å²) >= 11 is 0. The number of anilines is 2. The van der Waals surface area contributed by atoms with Gasteiger partial charge in [0, 0.05) is 24.4 Å². The van der Waals surface area contributed by atoms with Crippen molar-refractivity contribution < 1.29 is 19.1 Å². The average molecular weight is 332 g/mol. The van der Waals surface area contributed by atoms with E-state index >= 15 is 0 Å². The lowest BCUT2D eigenvalue weighted by Gasteiger charge is -2.24. The Morgan fingerprint density at radius 3 is 3.08 bits per heavy atom. The molecule has 2 unspecified atom stereocenters. The van der Waals surface area contributed by atoms with E-state index in [1.54, 1.807) is 13.0 Å². The summed E-state index contributed by atoms with van der Waals surface area (Å²) in [6, 6.07) is 5.52. The van der Waals surface area contributed by atoms with Crippen LogP contribution in [0.5, 0.6) is 0 Å².